The van der Waals surface area contributed by atoms with Crippen LogP contribution in [0.1, 0.15) is 0 Å². The smallest absolute Gasteiger partial charge is 0.164 e. The minimum absolute atomic E-state index is 0.632. The standard InChI is InChI=1S/C34H21N5/c1-3-11-22(12-4-1)31-36-32(23-13-5-2-6-14-23)38-33(37-31)24-19-20-25-26-15-7-9-17-29(26)39-30-18-10-8-16-28(30)35-34(39)27(25)21-24/h1-21H. The minimum atomic E-state index is 0.632. The molecule has 3 heterocycles. The molecule has 0 fully saturated rings. The van der Waals surface area contributed by atoms with Crippen LogP contribution in [0.5, 0.6) is 0 Å². The van der Waals surface area contributed by atoms with Crippen LogP contribution in [0.4, 0.5) is 0 Å². The first-order valence-electron chi connectivity index (χ1n) is 12.9. The third kappa shape index (κ3) is 3.48. The molecule has 0 amide bonds. The van der Waals surface area contributed by atoms with Crippen LogP contribution in [0.2, 0.25) is 0 Å². The van der Waals surface area contributed by atoms with E-state index in [-0.39, 0.29) is 0 Å². The summed E-state index contributed by atoms with van der Waals surface area (Å²) in [6.45, 7) is 0. The van der Waals surface area contributed by atoms with Crippen molar-refractivity contribution in [2.75, 3.05) is 0 Å². The zero-order valence-electron chi connectivity index (χ0n) is 20.9. The fourth-order valence-corrected chi connectivity index (χ4v) is 5.39. The molecule has 0 aliphatic carbocycles. The van der Waals surface area contributed by atoms with E-state index in [0.29, 0.717) is 17.5 Å². The summed E-state index contributed by atoms with van der Waals surface area (Å²) >= 11 is 0. The summed E-state index contributed by atoms with van der Waals surface area (Å²) in [6.07, 6.45) is 0. The summed E-state index contributed by atoms with van der Waals surface area (Å²) in [5.74, 6) is 1.93. The summed E-state index contributed by atoms with van der Waals surface area (Å²) in [4.78, 5) is 19.8. The highest BCUT2D eigenvalue weighted by atomic mass is 15.0. The highest BCUT2D eigenvalue weighted by molar-refractivity contribution is 6.14. The number of imidazole rings is 1. The van der Waals surface area contributed by atoms with Crippen molar-refractivity contribution in [2.24, 2.45) is 0 Å². The molecule has 182 valence electrons. The van der Waals surface area contributed by atoms with Gasteiger partial charge in [0.1, 0.15) is 5.65 Å². The van der Waals surface area contributed by atoms with Crippen LogP contribution in [0.3, 0.4) is 0 Å². The maximum absolute atomic E-state index is 5.07. The van der Waals surface area contributed by atoms with E-state index in [2.05, 4.69) is 65.1 Å². The molecule has 0 spiro atoms. The van der Waals surface area contributed by atoms with Crippen LogP contribution in [0.25, 0.3) is 72.5 Å². The number of hydrogen-bond acceptors (Lipinski definition) is 4. The van der Waals surface area contributed by atoms with Crippen LogP contribution in [-0.4, -0.2) is 24.3 Å². The Labute approximate surface area is 224 Å². The molecule has 0 radical (unpaired) electrons. The molecule has 0 bridgehead atoms. The third-order valence-corrected chi connectivity index (χ3v) is 7.21. The number of fused-ring (bicyclic) bond motifs is 8. The predicted molar refractivity (Wildman–Crippen MR) is 157 cm³/mol. The van der Waals surface area contributed by atoms with Crippen molar-refractivity contribution in [3.05, 3.63) is 127 Å². The lowest BCUT2D eigenvalue weighted by Gasteiger charge is -2.11. The highest BCUT2D eigenvalue weighted by Gasteiger charge is 2.16. The second kappa shape index (κ2) is 8.57. The van der Waals surface area contributed by atoms with Crippen LogP contribution < -0.4 is 0 Å². The van der Waals surface area contributed by atoms with Crippen LogP contribution >= 0.6 is 0 Å². The van der Waals surface area contributed by atoms with Crippen molar-refractivity contribution in [1.82, 2.24) is 24.3 Å². The zero-order chi connectivity index (χ0) is 25.8. The van der Waals surface area contributed by atoms with Gasteiger partial charge < -0.3 is 0 Å². The van der Waals surface area contributed by atoms with Gasteiger partial charge in [-0.05, 0) is 29.7 Å². The monoisotopic (exact) mass is 499 g/mol. The molecular formula is C34H21N5. The van der Waals surface area contributed by atoms with Crippen molar-refractivity contribution >= 4 is 38.4 Å². The quantitative estimate of drug-likeness (QED) is 0.231. The molecule has 5 aromatic carbocycles. The lowest BCUT2D eigenvalue weighted by atomic mass is 10.0. The molecule has 5 heteroatoms. The topological polar surface area (TPSA) is 56.0 Å². The normalized spacial score (nSPS) is 11.6. The second-order valence-corrected chi connectivity index (χ2v) is 9.58. The van der Waals surface area contributed by atoms with E-state index >= 15 is 0 Å². The lowest BCUT2D eigenvalue weighted by Crippen LogP contribution is -2.00. The van der Waals surface area contributed by atoms with Crippen molar-refractivity contribution in [2.45, 2.75) is 0 Å². The third-order valence-electron chi connectivity index (χ3n) is 7.21. The number of benzene rings is 5. The van der Waals surface area contributed by atoms with Crippen molar-refractivity contribution in [3.8, 4) is 34.2 Å². The highest BCUT2D eigenvalue weighted by Crippen LogP contribution is 2.35. The van der Waals surface area contributed by atoms with E-state index in [4.69, 9.17) is 19.9 Å². The number of rotatable bonds is 3. The summed E-state index contributed by atoms with van der Waals surface area (Å²) < 4.78 is 2.26. The van der Waals surface area contributed by atoms with Gasteiger partial charge in [0.2, 0.25) is 0 Å². The number of hydrogen-bond donors (Lipinski definition) is 0. The molecule has 0 saturated carbocycles. The average molecular weight is 500 g/mol. The molecular weight excluding hydrogens is 478 g/mol. The Morgan fingerprint density at radius 3 is 1.64 bits per heavy atom. The van der Waals surface area contributed by atoms with Gasteiger partial charge >= 0.3 is 0 Å². The predicted octanol–water partition coefficient (Wildman–Crippen LogP) is 7.98. The van der Waals surface area contributed by atoms with E-state index in [9.17, 15) is 0 Å². The molecule has 0 atom stereocenters. The summed E-state index contributed by atoms with van der Waals surface area (Å²) in [6, 6.07) is 43.3. The van der Waals surface area contributed by atoms with Crippen molar-refractivity contribution in [1.29, 1.82) is 0 Å². The summed E-state index contributed by atoms with van der Waals surface area (Å²) in [7, 11) is 0. The van der Waals surface area contributed by atoms with Gasteiger partial charge in [-0.15, -0.1) is 0 Å². The van der Waals surface area contributed by atoms with E-state index in [1.165, 1.54) is 5.39 Å². The minimum Gasteiger partial charge on any atom is -0.292 e. The molecule has 0 aliphatic heterocycles. The number of nitrogens with zero attached hydrogens (tertiary/aromatic N) is 5. The Bertz CT molecular complexity index is 2110. The zero-order valence-corrected chi connectivity index (χ0v) is 20.9. The summed E-state index contributed by atoms with van der Waals surface area (Å²) in [5, 5.41) is 3.39. The number of aromatic nitrogens is 5. The first-order valence-corrected chi connectivity index (χ1v) is 12.9. The lowest BCUT2D eigenvalue weighted by molar-refractivity contribution is 1.07. The SMILES string of the molecule is c1ccc(-c2nc(-c3ccccc3)nc(-c3ccc4c5ccccc5n5c6ccccc6nc5c4c3)n2)cc1. The van der Waals surface area contributed by atoms with Crippen LogP contribution in [0.15, 0.2) is 127 Å². The maximum Gasteiger partial charge on any atom is 0.164 e. The first kappa shape index (κ1) is 21.6. The molecule has 0 N–H and O–H groups in total. The summed E-state index contributed by atoms with van der Waals surface area (Å²) in [5.41, 5.74) is 6.95. The van der Waals surface area contributed by atoms with Gasteiger partial charge in [0.05, 0.1) is 16.6 Å². The number of para-hydroxylation sites is 3. The van der Waals surface area contributed by atoms with Crippen molar-refractivity contribution in [3.63, 3.8) is 0 Å². The van der Waals surface area contributed by atoms with E-state index < -0.39 is 0 Å². The van der Waals surface area contributed by atoms with Gasteiger partial charge in [-0.1, -0.05) is 103 Å². The fraction of sp³-hybridized carbons (Fsp3) is 0. The second-order valence-electron chi connectivity index (χ2n) is 9.58. The molecule has 8 aromatic rings. The Morgan fingerprint density at radius 1 is 0.385 bits per heavy atom. The largest absolute Gasteiger partial charge is 0.292 e. The Hall–Kier alpha value is -5.42. The first-order chi connectivity index (χ1) is 19.3. The Morgan fingerprint density at radius 2 is 0.949 bits per heavy atom. The average Bonchev–Trinajstić information content (AvgIpc) is 3.42. The molecule has 0 aliphatic rings. The van der Waals surface area contributed by atoms with Crippen LogP contribution in [0, 0.1) is 0 Å². The van der Waals surface area contributed by atoms with E-state index in [0.717, 1.165) is 49.7 Å². The van der Waals surface area contributed by atoms with Gasteiger partial charge in [-0.2, -0.15) is 0 Å². The molecule has 3 aromatic heterocycles. The van der Waals surface area contributed by atoms with Gasteiger partial charge in [0.25, 0.3) is 0 Å². The van der Waals surface area contributed by atoms with Gasteiger partial charge in [-0.3, -0.25) is 4.40 Å². The Kier molecular flexibility index (Phi) is 4.76. The molecule has 8 rings (SSSR count). The van der Waals surface area contributed by atoms with Crippen LogP contribution in [-0.2, 0) is 0 Å². The van der Waals surface area contributed by atoms with Gasteiger partial charge in [-0.25, -0.2) is 19.9 Å². The number of pyridine rings is 1. The molecule has 5 nitrogen and oxygen atoms in total. The molecule has 0 unspecified atom stereocenters. The van der Waals surface area contributed by atoms with Crippen molar-refractivity contribution < 1.29 is 0 Å². The van der Waals surface area contributed by atoms with E-state index in [1.54, 1.807) is 0 Å². The molecule has 0 saturated heterocycles. The fourth-order valence-electron chi connectivity index (χ4n) is 5.39. The maximum atomic E-state index is 5.07. The Balaban J connectivity index is 1.43. The van der Waals surface area contributed by atoms with Gasteiger partial charge in [0, 0.05) is 27.5 Å². The van der Waals surface area contributed by atoms with Gasteiger partial charge in [0.15, 0.2) is 17.5 Å². The van der Waals surface area contributed by atoms with E-state index in [1.807, 2.05) is 66.7 Å². The molecule has 39 heavy (non-hydrogen) atoms.